The fourth-order valence-electron chi connectivity index (χ4n) is 1.58. The maximum absolute atomic E-state index is 11.6. The van der Waals surface area contributed by atoms with Gasteiger partial charge in [0.2, 0.25) is 0 Å². The molecule has 0 bridgehead atoms. The highest BCUT2D eigenvalue weighted by Gasteiger charge is 2.05. The van der Waals surface area contributed by atoms with E-state index in [1.807, 2.05) is 18.2 Å². The largest absolute Gasteiger partial charge is 0.352 e. The third-order valence-corrected chi connectivity index (χ3v) is 2.50. The topological polar surface area (TPSA) is 55.1 Å². The molecule has 3 heteroatoms. The molecule has 0 heterocycles. The summed E-state index contributed by atoms with van der Waals surface area (Å²) in [7, 11) is 0. The fourth-order valence-corrected chi connectivity index (χ4v) is 1.58. The van der Waals surface area contributed by atoms with E-state index in [1.165, 1.54) is 0 Å². The number of rotatable bonds is 6. The van der Waals surface area contributed by atoms with Crippen LogP contribution in [-0.4, -0.2) is 18.5 Å². The van der Waals surface area contributed by atoms with Crippen molar-refractivity contribution in [2.24, 2.45) is 5.73 Å². The van der Waals surface area contributed by atoms with Gasteiger partial charge in [0, 0.05) is 18.2 Å². The standard InChI is InChI=1S/C13H20N2O/c1-2-6-12(14)9-10-15-13(16)11-7-4-3-5-8-11/h3-5,7-8,12H,2,6,9-10,14H2,1H3,(H,15,16). The average Bonchev–Trinajstić information content (AvgIpc) is 2.30. The molecule has 0 saturated heterocycles. The molecule has 3 N–H and O–H groups in total. The highest BCUT2D eigenvalue weighted by atomic mass is 16.1. The summed E-state index contributed by atoms with van der Waals surface area (Å²) >= 11 is 0. The lowest BCUT2D eigenvalue weighted by atomic mass is 10.1. The third-order valence-electron chi connectivity index (χ3n) is 2.50. The predicted octanol–water partition coefficient (Wildman–Crippen LogP) is 1.93. The van der Waals surface area contributed by atoms with Crippen LogP contribution in [0.3, 0.4) is 0 Å². The SMILES string of the molecule is CCCC(N)CCNC(=O)c1ccccc1. The van der Waals surface area contributed by atoms with Crippen LogP contribution in [0.15, 0.2) is 30.3 Å². The highest BCUT2D eigenvalue weighted by molar-refractivity contribution is 5.94. The van der Waals surface area contributed by atoms with Gasteiger partial charge in [-0.1, -0.05) is 31.5 Å². The smallest absolute Gasteiger partial charge is 0.251 e. The Balaban J connectivity index is 2.26. The predicted molar refractivity (Wildman–Crippen MR) is 66.3 cm³/mol. The van der Waals surface area contributed by atoms with Crippen LogP contribution in [0.1, 0.15) is 36.5 Å². The van der Waals surface area contributed by atoms with E-state index in [9.17, 15) is 4.79 Å². The summed E-state index contributed by atoms with van der Waals surface area (Å²) in [6, 6.07) is 9.42. The number of hydrogen-bond donors (Lipinski definition) is 2. The van der Waals surface area contributed by atoms with Crippen molar-refractivity contribution in [2.75, 3.05) is 6.54 Å². The molecule has 88 valence electrons. The van der Waals surface area contributed by atoms with Gasteiger partial charge in [-0.2, -0.15) is 0 Å². The van der Waals surface area contributed by atoms with E-state index in [2.05, 4.69) is 12.2 Å². The lowest BCUT2D eigenvalue weighted by Gasteiger charge is -2.10. The molecule has 0 aliphatic rings. The van der Waals surface area contributed by atoms with Gasteiger partial charge >= 0.3 is 0 Å². The lowest BCUT2D eigenvalue weighted by molar-refractivity contribution is 0.0952. The van der Waals surface area contributed by atoms with E-state index in [1.54, 1.807) is 12.1 Å². The van der Waals surface area contributed by atoms with Gasteiger partial charge in [-0.15, -0.1) is 0 Å². The molecule has 0 aromatic heterocycles. The van der Waals surface area contributed by atoms with Gasteiger partial charge in [-0.05, 0) is 25.0 Å². The molecule has 0 spiro atoms. The number of carbonyl (C=O) groups excluding carboxylic acids is 1. The zero-order valence-corrected chi connectivity index (χ0v) is 9.78. The molecule has 0 aliphatic carbocycles. The van der Waals surface area contributed by atoms with Crippen LogP contribution in [0.4, 0.5) is 0 Å². The second kappa shape index (κ2) is 7.01. The van der Waals surface area contributed by atoms with Crippen molar-refractivity contribution in [3.05, 3.63) is 35.9 Å². The summed E-state index contributed by atoms with van der Waals surface area (Å²) in [5, 5.41) is 2.87. The molecule has 1 amide bonds. The molecule has 0 fully saturated rings. The molecule has 1 aromatic rings. The van der Waals surface area contributed by atoms with Gasteiger partial charge in [0.1, 0.15) is 0 Å². The van der Waals surface area contributed by atoms with Crippen molar-refractivity contribution in [1.29, 1.82) is 0 Å². The Hall–Kier alpha value is -1.35. The van der Waals surface area contributed by atoms with Crippen LogP contribution in [0, 0.1) is 0 Å². The monoisotopic (exact) mass is 220 g/mol. The summed E-state index contributed by atoms with van der Waals surface area (Å²) in [6.07, 6.45) is 2.95. The van der Waals surface area contributed by atoms with Crippen molar-refractivity contribution < 1.29 is 4.79 Å². The number of nitrogens with two attached hydrogens (primary N) is 1. The van der Waals surface area contributed by atoms with Crippen molar-refractivity contribution in [3.63, 3.8) is 0 Å². The van der Waals surface area contributed by atoms with Crippen LogP contribution in [0.25, 0.3) is 0 Å². The number of carbonyl (C=O) groups is 1. The van der Waals surface area contributed by atoms with Crippen LogP contribution in [0.2, 0.25) is 0 Å². The Labute approximate surface area is 97.0 Å². The Bertz CT molecular complexity index is 311. The van der Waals surface area contributed by atoms with Gasteiger partial charge in [0.25, 0.3) is 5.91 Å². The van der Waals surface area contributed by atoms with Crippen LogP contribution >= 0.6 is 0 Å². The first-order chi connectivity index (χ1) is 7.74. The summed E-state index contributed by atoms with van der Waals surface area (Å²) in [5.74, 6) is -0.0238. The average molecular weight is 220 g/mol. The van der Waals surface area contributed by atoms with E-state index in [0.717, 1.165) is 19.3 Å². The van der Waals surface area contributed by atoms with Gasteiger partial charge in [0.05, 0.1) is 0 Å². The van der Waals surface area contributed by atoms with E-state index in [0.29, 0.717) is 12.1 Å². The van der Waals surface area contributed by atoms with Gasteiger partial charge in [0.15, 0.2) is 0 Å². The van der Waals surface area contributed by atoms with Gasteiger partial charge in [-0.25, -0.2) is 0 Å². The fraction of sp³-hybridized carbons (Fsp3) is 0.462. The minimum absolute atomic E-state index is 0.0238. The first-order valence-electron chi connectivity index (χ1n) is 5.83. The molecule has 16 heavy (non-hydrogen) atoms. The van der Waals surface area contributed by atoms with E-state index < -0.39 is 0 Å². The Morgan fingerprint density at radius 3 is 2.62 bits per heavy atom. The van der Waals surface area contributed by atoms with E-state index >= 15 is 0 Å². The molecule has 0 saturated carbocycles. The van der Waals surface area contributed by atoms with Crippen molar-refractivity contribution in [3.8, 4) is 0 Å². The van der Waals surface area contributed by atoms with Crippen molar-refractivity contribution in [1.82, 2.24) is 5.32 Å². The quantitative estimate of drug-likeness (QED) is 0.769. The van der Waals surface area contributed by atoms with Crippen molar-refractivity contribution >= 4 is 5.91 Å². The Morgan fingerprint density at radius 2 is 2.00 bits per heavy atom. The lowest BCUT2D eigenvalue weighted by Crippen LogP contribution is -2.30. The second-order valence-corrected chi connectivity index (χ2v) is 3.96. The molecule has 0 aliphatic heterocycles. The number of hydrogen-bond acceptors (Lipinski definition) is 2. The minimum Gasteiger partial charge on any atom is -0.352 e. The molecular weight excluding hydrogens is 200 g/mol. The zero-order chi connectivity index (χ0) is 11.8. The summed E-state index contributed by atoms with van der Waals surface area (Å²) in [5.41, 5.74) is 6.56. The molecule has 1 atom stereocenters. The Kier molecular flexibility index (Phi) is 5.57. The first kappa shape index (κ1) is 12.7. The summed E-state index contributed by atoms with van der Waals surface area (Å²) < 4.78 is 0. The molecule has 1 aromatic carbocycles. The van der Waals surface area contributed by atoms with Gasteiger partial charge in [-0.3, -0.25) is 4.79 Å². The second-order valence-electron chi connectivity index (χ2n) is 3.96. The highest BCUT2D eigenvalue weighted by Crippen LogP contribution is 1.99. The molecular formula is C13H20N2O. The maximum atomic E-state index is 11.6. The van der Waals surface area contributed by atoms with E-state index in [-0.39, 0.29) is 11.9 Å². The molecule has 1 unspecified atom stereocenters. The maximum Gasteiger partial charge on any atom is 0.251 e. The number of amides is 1. The summed E-state index contributed by atoms with van der Waals surface area (Å²) in [6.45, 7) is 2.76. The number of benzene rings is 1. The Morgan fingerprint density at radius 1 is 1.31 bits per heavy atom. The first-order valence-corrected chi connectivity index (χ1v) is 5.83. The zero-order valence-electron chi connectivity index (χ0n) is 9.78. The van der Waals surface area contributed by atoms with Crippen LogP contribution in [-0.2, 0) is 0 Å². The van der Waals surface area contributed by atoms with Gasteiger partial charge < -0.3 is 11.1 Å². The normalized spacial score (nSPS) is 12.1. The third kappa shape index (κ3) is 4.45. The summed E-state index contributed by atoms with van der Waals surface area (Å²) in [4.78, 5) is 11.6. The van der Waals surface area contributed by atoms with E-state index in [4.69, 9.17) is 5.73 Å². The van der Waals surface area contributed by atoms with Crippen molar-refractivity contribution in [2.45, 2.75) is 32.2 Å². The number of nitrogens with one attached hydrogen (secondary N) is 1. The van der Waals surface area contributed by atoms with Crippen LogP contribution in [0.5, 0.6) is 0 Å². The molecule has 0 radical (unpaired) electrons. The van der Waals surface area contributed by atoms with Crippen LogP contribution < -0.4 is 11.1 Å². The minimum atomic E-state index is -0.0238. The molecule has 3 nitrogen and oxygen atoms in total. The molecule has 1 rings (SSSR count).